The first-order valence-electron chi connectivity index (χ1n) is 6.85. The molecule has 6 heteroatoms. The van der Waals surface area contributed by atoms with Gasteiger partial charge in [-0.2, -0.15) is 0 Å². The van der Waals surface area contributed by atoms with Crippen molar-refractivity contribution in [2.75, 3.05) is 17.7 Å². The fourth-order valence-electron chi connectivity index (χ4n) is 1.81. The number of carbonyl (C=O) groups is 2. The summed E-state index contributed by atoms with van der Waals surface area (Å²) in [5.74, 6) is -0.658. The first-order valence-corrected chi connectivity index (χ1v) is 7.67. The molecule has 1 saturated carbocycles. The smallest absolute Gasteiger partial charge is 0.343 e. The highest BCUT2D eigenvalue weighted by molar-refractivity contribution is 7.19. The Morgan fingerprint density at radius 2 is 2.10 bits per heavy atom. The van der Waals surface area contributed by atoms with E-state index in [1.54, 1.807) is 6.92 Å². The molecule has 1 aliphatic carbocycles. The third kappa shape index (κ3) is 2.95. The summed E-state index contributed by atoms with van der Waals surface area (Å²) < 4.78 is 5.04. The molecule has 1 aromatic heterocycles. The Hall–Kier alpha value is -1.56. The molecule has 1 aliphatic rings. The van der Waals surface area contributed by atoms with E-state index in [2.05, 4.69) is 5.32 Å². The molecule has 0 amide bonds. The quantitative estimate of drug-likeness (QED) is 0.623. The number of anilines is 2. The maximum absolute atomic E-state index is 12.2. The normalized spacial score (nSPS) is 14.4. The molecule has 1 heterocycles. The molecule has 2 rings (SSSR count). The molecule has 0 atom stereocenters. The van der Waals surface area contributed by atoms with Crippen molar-refractivity contribution in [1.82, 2.24) is 0 Å². The van der Waals surface area contributed by atoms with Gasteiger partial charge >= 0.3 is 5.97 Å². The Balaban J connectivity index is 2.39. The minimum absolute atomic E-state index is 0.0399. The number of nitrogens with one attached hydrogen (secondary N) is 1. The number of hydrogen-bond acceptors (Lipinski definition) is 6. The minimum atomic E-state index is -0.466. The molecule has 0 bridgehead atoms. The van der Waals surface area contributed by atoms with Crippen molar-refractivity contribution >= 4 is 33.8 Å². The first kappa shape index (κ1) is 14.8. The largest absolute Gasteiger partial charge is 0.462 e. The van der Waals surface area contributed by atoms with Crippen LogP contribution in [0.3, 0.4) is 0 Å². The van der Waals surface area contributed by atoms with Crippen molar-refractivity contribution in [3.8, 4) is 0 Å². The highest BCUT2D eigenvalue weighted by Crippen LogP contribution is 2.40. The van der Waals surface area contributed by atoms with Crippen molar-refractivity contribution in [3.05, 3.63) is 10.4 Å². The zero-order valence-corrected chi connectivity index (χ0v) is 12.8. The van der Waals surface area contributed by atoms with Gasteiger partial charge in [0.05, 0.1) is 17.2 Å². The van der Waals surface area contributed by atoms with Gasteiger partial charge in [0.25, 0.3) is 0 Å². The first-order chi connectivity index (χ1) is 9.45. The molecule has 0 radical (unpaired) electrons. The molecule has 0 unspecified atom stereocenters. The van der Waals surface area contributed by atoms with Crippen LogP contribution in [0.4, 0.5) is 10.7 Å². The van der Waals surface area contributed by atoms with Crippen LogP contribution in [0.15, 0.2) is 0 Å². The monoisotopic (exact) mass is 296 g/mol. The van der Waals surface area contributed by atoms with Gasteiger partial charge < -0.3 is 15.8 Å². The molecule has 1 fully saturated rings. The number of rotatable bonds is 6. The predicted octanol–water partition coefficient (Wildman–Crippen LogP) is 2.92. The molecule has 0 aliphatic heterocycles. The van der Waals surface area contributed by atoms with Gasteiger partial charge in [-0.1, -0.05) is 13.8 Å². The summed E-state index contributed by atoms with van der Waals surface area (Å²) in [5, 5.41) is 3.92. The molecule has 0 aromatic carbocycles. The minimum Gasteiger partial charge on any atom is -0.462 e. The Kier molecular flexibility index (Phi) is 4.32. The lowest BCUT2D eigenvalue weighted by Crippen LogP contribution is -2.12. The lowest BCUT2D eigenvalue weighted by molar-refractivity contribution is 0.0529. The number of ether oxygens (including phenoxy) is 1. The second kappa shape index (κ2) is 5.83. The van der Waals surface area contributed by atoms with Crippen molar-refractivity contribution in [2.24, 2.45) is 5.92 Å². The average Bonchev–Trinajstić information content (AvgIpc) is 3.12. The van der Waals surface area contributed by atoms with Crippen LogP contribution in [0.25, 0.3) is 0 Å². The summed E-state index contributed by atoms with van der Waals surface area (Å²) in [5.41, 5.74) is 6.58. The summed E-state index contributed by atoms with van der Waals surface area (Å²) >= 11 is 1.26. The van der Waals surface area contributed by atoms with Gasteiger partial charge in [0.15, 0.2) is 5.78 Å². The fourth-order valence-corrected chi connectivity index (χ4v) is 3.08. The van der Waals surface area contributed by atoms with E-state index in [4.69, 9.17) is 10.5 Å². The maximum Gasteiger partial charge on any atom is 0.343 e. The van der Waals surface area contributed by atoms with E-state index in [0.717, 1.165) is 12.8 Å². The van der Waals surface area contributed by atoms with E-state index in [9.17, 15) is 9.59 Å². The van der Waals surface area contributed by atoms with E-state index in [0.29, 0.717) is 21.5 Å². The van der Waals surface area contributed by atoms with Gasteiger partial charge in [0.1, 0.15) is 10.6 Å². The molecule has 5 nitrogen and oxygen atoms in total. The third-order valence-corrected chi connectivity index (χ3v) is 4.24. The van der Waals surface area contributed by atoms with Crippen LogP contribution in [0, 0.1) is 5.92 Å². The number of hydrogen-bond donors (Lipinski definition) is 2. The number of nitrogens with two attached hydrogens (primary N) is 1. The zero-order valence-electron chi connectivity index (χ0n) is 12.0. The molecule has 0 saturated heterocycles. The SMILES string of the molecule is CCOC(=O)c1c(NC2CC2)sc(C(=O)C(C)C)c1N. The topological polar surface area (TPSA) is 81.4 Å². The van der Waals surface area contributed by atoms with E-state index in [1.165, 1.54) is 11.3 Å². The average molecular weight is 296 g/mol. The predicted molar refractivity (Wildman–Crippen MR) is 80.5 cm³/mol. The summed E-state index contributed by atoms with van der Waals surface area (Å²) in [4.78, 5) is 24.7. The molecular weight excluding hydrogens is 276 g/mol. The second-order valence-electron chi connectivity index (χ2n) is 5.21. The molecule has 110 valence electrons. The van der Waals surface area contributed by atoms with Gasteiger partial charge in [-0.25, -0.2) is 4.79 Å². The lowest BCUT2D eigenvalue weighted by atomic mass is 10.1. The zero-order chi connectivity index (χ0) is 14.9. The molecule has 20 heavy (non-hydrogen) atoms. The van der Waals surface area contributed by atoms with E-state index in [-0.39, 0.29) is 24.0 Å². The van der Waals surface area contributed by atoms with Crippen LogP contribution in [0.5, 0.6) is 0 Å². The maximum atomic E-state index is 12.2. The Bertz CT molecular complexity index is 533. The third-order valence-electron chi connectivity index (χ3n) is 3.09. The number of thiophene rings is 1. The van der Waals surface area contributed by atoms with Gasteiger partial charge in [-0.15, -0.1) is 11.3 Å². The second-order valence-corrected chi connectivity index (χ2v) is 6.23. The van der Waals surface area contributed by atoms with Crippen molar-refractivity contribution < 1.29 is 14.3 Å². The van der Waals surface area contributed by atoms with Gasteiger partial charge in [-0.3, -0.25) is 4.79 Å². The number of ketones is 1. The van der Waals surface area contributed by atoms with E-state index < -0.39 is 5.97 Å². The Labute approximate surface area is 122 Å². The Morgan fingerprint density at radius 3 is 2.60 bits per heavy atom. The number of nitrogen functional groups attached to an aromatic ring is 1. The standard InChI is InChI=1S/C14H20N2O3S/c1-4-19-14(18)9-10(15)12(11(17)7(2)3)20-13(9)16-8-5-6-8/h7-8,16H,4-6,15H2,1-3H3. The van der Waals surface area contributed by atoms with Crippen LogP contribution in [-0.4, -0.2) is 24.4 Å². The summed E-state index contributed by atoms with van der Waals surface area (Å²) in [6, 6.07) is 0.378. The van der Waals surface area contributed by atoms with Crippen molar-refractivity contribution in [1.29, 1.82) is 0 Å². The highest BCUT2D eigenvalue weighted by Gasteiger charge is 2.30. The summed E-state index contributed by atoms with van der Waals surface area (Å²) in [6.45, 7) is 5.66. The number of esters is 1. The number of carbonyl (C=O) groups excluding carboxylic acids is 2. The molecular formula is C14H20N2O3S. The Morgan fingerprint density at radius 1 is 1.45 bits per heavy atom. The number of Topliss-reactive ketones (excluding diaryl/α,β-unsaturated/α-hetero) is 1. The van der Waals surface area contributed by atoms with Gasteiger partial charge in [0, 0.05) is 12.0 Å². The van der Waals surface area contributed by atoms with E-state index >= 15 is 0 Å². The van der Waals surface area contributed by atoms with Gasteiger partial charge in [0.2, 0.25) is 0 Å². The lowest BCUT2D eigenvalue weighted by Gasteiger charge is -2.06. The highest BCUT2D eigenvalue weighted by atomic mass is 32.1. The van der Waals surface area contributed by atoms with Crippen LogP contribution in [0.1, 0.15) is 53.6 Å². The fraction of sp³-hybridized carbons (Fsp3) is 0.571. The van der Waals surface area contributed by atoms with E-state index in [1.807, 2.05) is 13.8 Å². The van der Waals surface area contributed by atoms with Crippen LogP contribution in [-0.2, 0) is 4.74 Å². The van der Waals surface area contributed by atoms with Crippen molar-refractivity contribution in [3.63, 3.8) is 0 Å². The van der Waals surface area contributed by atoms with Crippen LogP contribution >= 0.6 is 11.3 Å². The van der Waals surface area contributed by atoms with Crippen LogP contribution < -0.4 is 11.1 Å². The summed E-state index contributed by atoms with van der Waals surface area (Å²) in [6.07, 6.45) is 2.15. The molecule has 1 aromatic rings. The van der Waals surface area contributed by atoms with Crippen molar-refractivity contribution in [2.45, 2.75) is 39.7 Å². The van der Waals surface area contributed by atoms with Crippen LogP contribution in [0.2, 0.25) is 0 Å². The molecule has 0 spiro atoms. The summed E-state index contributed by atoms with van der Waals surface area (Å²) in [7, 11) is 0. The molecule has 3 N–H and O–H groups in total. The van der Waals surface area contributed by atoms with Gasteiger partial charge in [-0.05, 0) is 19.8 Å².